The van der Waals surface area contributed by atoms with Crippen LogP contribution in [0.2, 0.25) is 0 Å². The fraction of sp³-hybridized carbons (Fsp3) is 0.941. The predicted octanol–water partition coefficient (Wildman–Crippen LogP) is 6.01. The number of unbranched alkanes of at least 4 members (excludes halogenated alkanes) is 9. The fourth-order valence-corrected chi connectivity index (χ4v) is 3.34. The first kappa shape index (κ1) is 19.0. The number of thioether (sulfide) groups is 1. The standard InChI is InChI=1S/C17H34OS/c1-3-5-7-9-11-13-15-19-17(16-18)14-12-10-8-6-4-2/h16-17H,3-15H2,1-2H3. The van der Waals surface area contributed by atoms with Crippen LogP contribution in [0.3, 0.4) is 0 Å². The number of carbonyl (C=O) groups excluding carboxylic acids is 1. The molecule has 114 valence electrons. The second kappa shape index (κ2) is 16.1. The maximum absolute atomic E-state index is 11.0. The summed E-state index contributed by atoms with van der Waals surface area (Å²) in [6.07, 6.45) is 16.8. The molecule has 1 nitrogen and oxygen atoms in total. The van der Waals surface area contributed by atoms with Crippen LogP contribution in [-0.2, 0) is 4.79 Å². The molecule has 0 amide bonds. The van der Waals surface area contributed by atoms with Crippen molar-refractivity contribution < 1.29 is 4.79 Å². The fourth-order valence-electron chi connectivity index (χ4n) is 2.26. The van der Waals surface area contributed by atoms with Gasteiger partial charge in [-0.2, -0.15) is 11.8 Å². The minimum Gasteiger partial charge on any atom is -0.302 e. The highest BCUT2D eigenvalue weighted by Gasteiger charge is 2.06. The lowest BCUT2D eigenvalue weighted by Crippen LogP contribution is -2.05. The quantitative estimate of drug-likeness (QED) is 0.271. The lowest BCUT2D eigenvalue weighted by Gasteiger charge is -2.09. The molecule has 0 aliphatic heterocycles. The highest BCUT2D eigenvalue weighted by atomic mass is 32.2. The zero-order valence-electron chi connectivity index (χ0n) is 13.2. The van der Waals surface area contributed by atoms with Gasteiger partial charge in [0.1, 0.15) is 6.29 Å². The zero-order chi connectivity index (χ0) is 14.2. The monoisotopic (exact) mass is 286 g/mol. The molecule has 0 saturated heterocycles. The van der Waals surface area contributed by atoms with Crippen LogP contribution in [-0.4, -0.2) is 17.3 Å². The number of rotatable bonds is 15. The van der Waals surface area contributed by atoms with E-state index in [0.29, 0.717) is 0 Å². The van der Waals surface area contributed by atoms with E-state index in [-0.39, 0.29) is 5.25 Å². The lowest BCUT2D eigenvalue weighted by atomic mass is 10.1. The van der Waals surface area contributed by atoms with E-state index >= 15 is 0 Å². The Hall–Kier alpha value is 0.0200. The molecule has 0 heterocycles. The maximum atomic E-state index is 11.0. The van der Waals surface area contributed by atoms with E-state index in [1.165, 1.54) is 82.7 Å². The van der Waals surface area contributed by atoms with Gasteiger partial charge in [-0.3, -0.25) is 0 Å². The molecule has 0 fully saturated rings. The van der Waals surface area contributed by atoms with Crippen molar-refractivity contribution in [2.24, 2.45) is 0 Å². The third-order valence-electron chi connectivity index (χ3n) is 3.57. The molecular weight excluding hydrogens is 252 g/mol. The van der Waals surface area contributed by atoms with E-state index in [1.807, 2.05) is 11.8 Å². The lowest BCUT2D eigenvalue weighted by molar-refractivity contribution is -0.107. The summed E-state index contributed by atoms with van der Waals surface area (Å²) in [5.41, 5.74) is 0. The third kappa shape index (κ3) is 14.2. The van der Waals surface area contributed by atoms with E-state index in [2.05, 4.69) is 13.8 Å². The van der Waals surface area contributed by atoms with Gasteiger partial charge in [0, 0.05) is 0 Å². The summed E-state index contributed by atoms with van der Waals surface area (Å²) in [5, 5.41) is 0.261. The summed E-state index contributed by atoms with van der Waals surface area (Å²) < 4.78 is 0. The molecule has 0 radical (unpaired) electrons. The van der Waals surface area contributed by atoms with Crippen molar-refractivity contribution in [1.82, 2.24) is 0 Å². The molecule has 0 spiro atoms. The number of aldehydes is 1. The first-order valence-corrected chi connectivity index (χ1v) is 9.46. The van der Waals surface area contributed by atoms with Gasteiger partial charge in [-0.15, -0.1) is 0 Å². The Morgan fingerprint density at radius 2 is 1.32 bits per heavy atom. The molecule has 0 bridgehead atoms. The van der Waals surface area contributed by atoms with Gasteiger partial charge in [-0.05, 0) is 18.6 Å². The Balaban J connectivity index is 3.31. The third-order valence-corrected chi connectivity index (χ3v) is 4.87. The normalized spacial score (nSPS) is 12.5. The van der Waals surface area contributed by atoms with Crippen LogP contribution in [0.5, 0.6) is 0 Å². The molecule has 0 aromatic rings. The van der Waals surface area contributed by atoms with Crippen LogP contribution in [0.25, 0.3) is 0 Å². The topological polar surface area (TPSA) is 17.1 Å². The van der Waals surface area contributed by atoms with E-state index < -0.39 is 0 Å². The Kier molecular flexibility index (Phi) is 16.1. The van der Waals surface area contributed by atoms with Gasteiger partial charge in [-0.1, -0.05) is 78.1 Å². The number of hydrogen-bond acceptors (Lipinski definition) is 2. The minimum atomic E-state index is 0.261. The first-order chi connectivity index (χ1) is 9.35. The van der Waals surface area contributed by atoms with Crippen LogP contribution in [0.15, 0.2) is 0 Å². The Morgan fingerprint density at radius 1 is 0.789 bits per heavy atom. The second-order valence-electron chi connectivity index (χ2n) is 5.52. The van der Waals surface area contributed by atoms with Gasteiger partial charge >= 0.3 is 0 Å². The largest absolute Gasteiger partial charge is 0.302 e. The van der Waals surface area contributed by atoms with Crippen LogP contribution in [0, 0.1) is 0 Å². The van der Waals surface area contributed by atoms with E-state index in [9.17, 15) is 4.79 Å². The van der Waals surface area contributed by atoms with Crippen molar-refractivity contribution in [2.45, 2.75) is 96.1 Å². The van der Waals surface area contributed by atoms with E-state index in [1.54, 1.807) is 0 Å². The molecular formula is C17H34OS. The average Bonchev–Trinajstić information content (AvgIpc) is 2.44. The zero-order valence-corrected chi connectivity index (χ0v) is 14.0. The molecule has 0 aromatic heterocycles. The van der Waals surface area contributed by atoms with Gasteiger partial charge < -0.3 is 4.79 Å². The van der Waals surface area contributed by atoms with E-state index in [4.69, 9.17) is 0 Å². The Morgan fingerprint density at radius 3 is 1.89 bits per heavy atom. The maximum Gasteiger partial charge on any atom is 0.132 e. The van der Waals surface area contributed by atoms with Crippen molar-refractivity contribution in [1.29, 1.82) is 0 Å². The molecule has 0 aliphatic rings. The molecule has 0 rings (SSSR count). The second-order valence-corrected chi connectivity index (χ2v) is 6.86. The van der Waals surface area contributed by atoms with Gasteiger partial charge in [-0.25, -0.2) is 0 Å². The summed E-state index contributed by atoms with van der Waals surface area (Å²) in [5.74, 6) is 1.17. The van der Waals surface area contributed by atoms with Crippen LogP contribution in [0.4, 0.5) is 0 Å². The number of hydrogen-bond donors (Lipinski definition) is 0. The summed E-state index contributed by atoms with van der Waals surface area (Å²) >= 11 is 1.88. The van der Waals surface area contributed by atoms with Crippen LogP contribution >= 0.6 is 11.8 Å². The summed E-state index contributed by atoms with van der Waals surface area (Å²) in [7, 11) is 0. The summed E-state index contributed by atoms with van der Waals surface area (Å²) in [4.78, 5) is 11.0. The predicted molar refractivity (Wildman–Crippen MR) is 89.1 cm³/mol. The van der Waals surface area contributed by atoms with Crippen LogP contribution < -0.4 is 0 Å². The van der Waals surface area contributed by atoms with Crippen molar-refractivity contribution in [2.75, 3.05) is 5.75 Å². The highest BCUT2D eigenvalue weighted by Crippen LogP contribution is 2.19. The van der Waals surface area contributed by atoms with Crippen molar-refractivity contribution in [3.63, 3.8) is 0 Å². The molecule has 19 heavy (non-hydrogen) atoms. The highest BCUT2D eigenvalue weighted by molar-refractivity contribution is 8.00. The Labute approximate surface area is 125 Å². The van der Waals surface area contributed by atoms with Gasteiger partial charge in [0.15, 0.2) is 0 Å². The molecule has 1 atom stereocenters. The van der Waals surface area contributed by atoms with E-state index in [0.717, 1.165) is 6.42 Å². The van der Waals surface area contributed by atoms with Crippen LogP contribution in [0.1, 0.15) is 90.9 Å². The summed E-state index contributed by atoms with van der Waals surface area (Å²) in [6, 6.07) is 0. The van der Waals surface area contributed by atoms with Gasteiger partial charge in [0.05, 0.1) is 5.25 Å². The SMILES string of the molecule is CCCCCCCCSC(C=O)CCCCCCC. The van der Waals surface area contributed by atoms with Crippen molar-refractivity contribution in [3.8, 4) is 0 Å². The average molecular weight is 287 g/mol. The molecule has 0 N–H and O–H groups in total. The molecule has 0 aliphatic carbocycles. The number of carbonyl (C=O) groups is 1. The Bertz CT molecular complexity index is 182. The molecule has 1 unspecified atom stereocenters. The van der Waals surface area contributed by atoms with Crippen molar-refractivity contribution >= 4 is 18.0 Å². The molecule has 2 heteroatoms. The molecule has 0 saturated carbocycles. The minimum absolute atomic E-state index is 0.261. The summed E-state index contributed by atoms with van der Waals surface area (Å²) in [6.45, 7) is 4.50. The first-order valence-electron chi connectivity index (χ1n) is 8.42. The van der Waals surface area contributed by atoms with Crippen molar-refractivity contribution in [3.05, 3.63) is 0 Å². The van der Waals surface area contributed by atoms with Gasteiger partial charge in [0.25, 0.3) is 0 Å². The molecule has 0 aromatic carbocycles. The smallest absolute Gasteiger partial charge is 0.132 e. The van der Waals surface area contributed by atoms with Gasteiger partial charge in [0.2, 0.25) is 0 Å².